The van der Waals surface area contributed by atoms with E-state index < -0.39 is 0 Å². The molecule has 0 bridgehead atoms. The Kier molecular flexibility index (Phi) is 2.22. The van der Waals surface area contributed by atoms with Crippen molar-refractivity contribution in [2.24, 2.45) is 0 Å². The van der Waals surface area contributed by atoms with Crippen molar-refractivity contribution in [1.82, 2.24) is 30.1 Å². The summed E-state index contributed by atoms with van der Waals surface area (Å²) in [6.45, 7) is 0. The second-order valence-electron chi connectivity index (χ2n) is 2.97. The third-order valence-corrected chi connectivity index (χ3v) is 2.90. The first-order chi connectivity index (χ1) is 7.93. The maximum Gasteiger partial charge on any atom is 0.194 e. The molecule has 6 nitrogen and oxygen atoms in total. The average Bonchev–Trinajstić information content (AvgIpc) is 2.82. The van der Waals surface area contributed by atoms with Gasteiger partial charge in [0.1, 0.15) is 17.7 Å². The van der Waals surface area contributed by atoms with Crippen molar-refractivity contribution >= 4 is 22.7 Å². The molecule has 0 saturated heterocycles. The largest absolute Gasteiger partial charge is 0.322 e. The highest BCUT2D eigenvalue weighted by Gasteiger charge is 2.06. The molecule has 16 heavy (non-hydrogen) atoms. The average molecular weight is 230 g/mol. The second kappa shape index (κ2) is 3.86. The van der Waals surface area contributed by atoms with E-state index in [4.69, 9.17) is 0 Å². The van der Waals surface area contributed by atoms with Crippen LogP contribution in [0.2, 0.25) is 0 Å². The summed E-state index contributed by atoms with van der Waals surface area (Å²) >= 11 is 1.40. The number of hydrogen-bond acceptors (Lipinski definition) is 6. The first kappa shape index (κ1) is 9.22. The Hall–Kier alpha value is -2.02. The van der Waals surface area contributed by atoms with Gasteiger partial charge in [0.15, 0.2) is 5.16 Å². The second-order valence-corrected chi connectivity index (χ2v) is 3.95. The van der Waals surface area contributed by atoms with E-state index in [1.54, 1.807) is 12.4 Å². The first-order valence-corrected chi connectivity index (χ1v) is 5.34. The number of nitrogens with one attached hydrogen (secondary N) is 1. The van der Waals surface area contributed by atoms with Crippen molar-refractivity contribution in [1.29, 1.82) is 0 Å². The molecule has 0 atom stereocenters. The Morgan fingerprint density at radius 2 is 2.25 bits per heavy atom. The van der Waals surface area contributed by atoms with Crippen LogP contribution in [-0.2, 0) is 0 Å². The van der Waals surface area contributed by atoms with Crippen LogP contribution in [0.3, 0.4) is 0 Å². The van der Waals surface area contributed by atoms with Crippen LogP contribution in [0.1, 0.15) is 0 Å². The molecule has 0 radical (unpaired) electrons. The summed E-state index contributed by atoms with van der Waals surface area (Å²) in [5, 5.41) is 10.0. The summed E-state index contributed by atoms with van der Waals surface area (Å²) in [6, 6.07) is 1.85. The Bertz CT molecular complexity index is 603. The van der Waals surface area contributed by atoms with Gasteiger partial charge < -0.3 is 4.98 Å². The van der Waals surface area contributed by atoms with Gasteiger partial charge in [-0.15, -0.1) is 10.2 Å². The molecule has 0 amide bonds. The zero-order valence-electron chi connectivity index (χ0n) is 8.03. The molecular formula is C9H6N6S. The van der Waals surface area contributed by atoms with Gasteiger partial charge in [0.25, 0.3) is 0 Å². The van der Waals surface area contributed by atoms with Gasteiger partial charge in [-0.1, -0.05) is 0 Å². The Morgan fingerprint density at radius 3 is 3.12 bits per heavy atom. The fourth-order valence-electron chi connectivity index (χ4n) is 1.29. The van der Waals surface area contributed by atoms with E-state index in [0.29, 0.717) is 5.16 Å². The third-order valence-electron chi connectivity index (χ3n) is 1.99. The van der Waals surface area contributed by atoms with Gasteiger partial charge >= 0.3 is 0 Å². The van der Waals surface area contributed by atoms with Crippen LogP contribution in [0.4, 0.5) is 0 Å². The lowest BCUT2D eigenvalue weighted by molar-refractivity contribution is 0.967. The lowest BCUT2D eigenvalue weighted by atomic mass is 10.3. The van der Waals surface area contributed by atoms with Crippen molar-refractivity contribution in [3.05, 3.63) is 31.1 Å². The van der Waals surface area contributed by atoms with Crippen molar-refractivity contribution in [3.63, 3.8) is 0 Å². The number of aromatic nitrogens is 6. The van der Waals surface area contributed by atoms with Crippen molar-refractivity contribution in [2.75, 3.05) is 0 Å². The molecule has 3 aromatic heterocycles. The number of nitrogens with zero attached hydrogens (tertiary/aromatic N) is 5. The molecule has 0 aliphatic carbocycles. The van der Waals surface area contributed by atoms with Crippen LogP contribution >= 0.6 is 11.8 Å². The Morgan fingerprint density at radius 1 is 1.25 bits per heavy atom. The van der Waals surface area contributed by atoms with E-state index in [-0.39, 0.29) is 0 Å². The van der Waals surface area contributed by atoms with Gasteiger partial charge in [-0.05, 0) is 17.8 Å². The van der Waals surface area contributed by atoms with Gasteiger partial charge in [-0.25, -0.2) is 9.97 Å². The van der Waals surface area contributed by atoms with Crippen LogP contribution in [-0.4, -0.2) is 30.1 Å². The van der Waals surface area contributed by atoms with Crippen LogP contribution in [0.5, 0.6) is 0 Å². The number of fused-ring (bicyclic) bond motifs is 1. The van der Waals surface area contributed by atoms with E-state index in [1.807, 2.05) is 6.07 Å². The zero-order valence-corrected chi connectivity index (χ0v) is 8.85. The lowest BCUT2D eigenvalue weighted by Gasteiger charge is -2.00. The number of pyridine rings is 1. The molecule has 0 saturated carbocycles. The highest BCUT2D eigenvalue weighted by Crippen LogP contribution is 2.27. The summed E-state index contributed by atoms with van der Waals surface area (Å²) in [6.07, 6.45) is 6.51. The minimum atomic E-state index is 0.698. The monoisotopic (exact) mass is 230 g/mol. The van der Waals surface area contributed by atoms with Gasteiger partial charge in [0, 0.05) is 12.4 Å². The summed E-state index contributed by atoms with van der Waals surface area (Å²) in [7, 11) is 0. The molecule has 7 heteroatoms. The molecule has 0 aliphatic heterocycles. The molecule has 0 aliphatic rings. The van der Waals surface area contributed by atoms with Crippen LogP contribution in [0.25, 0.3) is 10.9 Å². The first-order valence-electron chi connectivity index (χ1n) is 4.52. The number of H-pyrrole nitrogens is 1. The molecule has 0 fully saturated rings. The summed E-state index contributed by atoms with van der Waals surface area (Å²) in [5.41, 5.74) is 0.868. The van der Waals surface area contributed by atoms with Gasteiger partial charge in [0.05, 0.1) is 10.9 Å². The third kappa shape index (κ3) is 1.61. The normalized spacial score (nSPS) is 10.8. The van der Waals surface area contributed by atoms with E-state index in [0.717, 1.165) is 15.9 Å². The number of hydrogen-bond donors (Lipinski definition) is 1. The van der Waals surface area contributed by atoms with Crippen LogP contribution < -0.4 is 0 Å². The van der Waals surface area contributed by atoms with Crippen molar-refractivity contribution < 1.29 is 0 Å². The fraction of sp³-hybridized carbons (Fsp3) is 0. The van der Waals surface area contributed by atoms with Crippen LogP contribution in [0, 0.1) is 0 Å². The predicted octanol–water partition coefficient (Wildman–Crippen LogP) is 1.29. The molecule has 3 rings (SSSR count). The highest BCUT2D eigenvalue weighted by molar-refractivity contribution is 7.99. The molecule has 3 aromatic rings. The number of aromatic amines is 1. The quantitative estimate of drug-likeness (QED) is 0.668. The van der Waals surface area contributed by atoms with Crippen molar-refractivity contribution in [3.8, 4) is 0 Å². The minimum absolute atomic E-state index is 0.698. The van der Waals surface area contributed by atoms with E-state index in [2.05, 4.69) is 30.1 Å². The van der Waals surface area contributed by atoms with E-state index in [1.165, 1.54) is 24.4 Å². The maximum atomic E-state index is 4.21. The van der Waals surface area contributed by atoms with Crippen molar-refractivity contribution in [2.45, 2.75) is 10.2 Å². The Labute approximate surface area is 94.6 Å². The van der Waals surface area contributed by atoms with Crippen LogP contribution in [0.15, 0.2) is 41.3 Å². The molecule has 78 valence electrons. The smallest absolute Gasteiger partial charge is 0.194 e. The molecule has 1 N–H and O–H groups in total. The minimum Gasteiger partial charge on any atom is -0.322 e. The molecule has 0 unspecified atom stereocenters. The molecule has 3 heterocycles. The molecule has 0 spiro atoms. The van der Waals surface area contributed by atoms with E-state index >= 15 is 0 Å². The topological polar surface area (TPSA) is 80.2 Å². The van der Waals surface area contributed by atoms with Gasteiger partial charge in [-0.2, -0.15) is 0 Å². The standard InChI is InChI=1S/C9H6N6S/c1-2-10-3-6-7(1)11-4-12-8(6)16-9-13-5-14-15-9/h1-5H,(H,13,14,15). The van der Waals surface area contributed by atoms with Gasteiger partial charge in [-0.3, -0.25) is 4.98 Å². The highest BCUT2D eigenvalue weighted by atomic mass is 32.2. The molecule has 0 aromatic carbocycles. The number of rotatable bonds is 2. The maximum absolute atomic E-state index is 4.21. The van der Waals surface area contributed by atoms with E-state index in [9.17, 15) is 0 Å². The summed E-state index contributed by atoms with van der Waals surface area (Å²) < 4.78 is 0. The van der Waals surface area contributed by atoms with Gasteiger partial charge in [0.2, 0.25) is 0 Å². The lowest BCUT2D eigenvalue weighted by Crippen LogP contribution is -1.88. The Balaban J connectivity index is 2.10. The predicted molar refractivity (Wildman–Crippen MR) is 57.8 cm³/mol. The SMILES string of the molecule is c1cc2ncnc(Sc3nnc[nH]3)c2cn1. The fourth-order valence-corrected chi connectivity index (χ4v) is 2.04. The summed E-state index contributed by atoms with van der Waals surface area (Å²) in [4.78, 5) is 15.3. The zero-order chi connectivity index (χ0) is 10.8. The molecular weight excluding hydrogens is 224 g/mol. The summed E-state index contributed by atoms with van der Waals surface area (Å²) in [5.74, 6) is 0.